The molecule has 0 aromatic heterocycles. The Kier molecular flexibility index (Phi) is 7.83. The van der Waals surface area contributed by atoms with Crippen LogP contribution in [0.4, 0.5) is 11.4 Å². The highest BCUT2D eigenvalue weighted by Crippen LogP contribution is 2.40. The first-order chi connectivity index (χ1) is 13.7. The van der Waals surface area contributed by atoms with Crippen molar-refractivity contribution in [2.45, 2.75) is 53.9 Å². The van der Waals surface area contributed by atoms with Crippen LogP contribution in [0.1, 0.15) is 53.9 Å². The second-order valence-electron chi connectivity index (χ2n) is 8.50. The molecular formula is C26H34N2O. The quantitative estimate of drug-likeness (QED) is 0.321. The molecule has 1 aliphatic rings. The summed E-state index contributed by atoms with van der Waals surface area (Å²) in [5, 5.41) is 2.80. The summed E-state index contributed by atoms with van der Waals surface area (Å²) in [6, 6.07) is 7.23. The Balaban J connectivity index is 1.98. The van der Waals surface area contributed by atoms with Crippen LogP contribution in [0.3, 0.4) is 0 Å². The molecule has 0 bridgehead atoms. The Morgan fingerprint density at radius 2 is 1.86 bits per heavy atom. The molecule has 3 heteroatoms. The van der Waals surface area contributed by atoms with Gasteiger partial charge >= 0.3 is 0 Å². The van der Waals surface area contributed by atoms with Crippen LogP contribution in [0.15, 0.2) is 83.0 Å². The van der Waals surface area contributed by atoms with Gasteiger partial charge in [-0.2, -0.15) is 0 Å². The molecule has 2 rings (SSSR count). The number of carbonyl (C=O) groups excluding carboxylic acids is 1. The summed E-state index contributed by atoms with van der Waals surface area (Å²) in [4.78, 5) is 12.1. The summed E-state index contributed by atoms with van der Waals surface area (Å²) < 4.78 is 0. The largest absolute Gasteiger partial charge is 0.397 e. The van der Waals surface area contributed by atoms with E-state index in [-0.39, 0.29) is 11.3 Å². The van der Waals surface area contributed by atoms with Gasteiger partial charge in [0.25, 0.3) is 0 Å². The van der Waals surface area contributed by atoms with Gasteiger partial charge in [-0.25, -0.2) is 0 Å². The Labute approximate surface area is 175 Å². The van der Waals surface area contributed by atoms with Gasteiger partial charge in [-0.15, -0.1) is 0 Å². The maximum Gasteiger partial charge on any atom is 0.248 e. The molecule has 1 aromatic rings. The third kappa shape index (κ3) is 6.94. The van der Waals surface area contributed by atoms with Gasteiger partial charge in [0.15, 0.2) is 0 Å². The van der Waals surface area contributed by atoms with Crippen molar-refractivity contribution in [1.82, 2.24) is 0 Å². The lowest BCUT2D eigenvalue weighted by molar-refractivity contribution is -0.111. The minimum atomic E-state index is -0.187. The molecule has 0 unspecified atom stereocenters. The number of benzene rings is 1. The number of nitrogens with two attached hydrogens (primary N) is 1. The van der Waals surface area contributed by atoms with E-state index in [0.29, 0.717) is 11.4 Å². The average Bonchev–Trinajstić information content (AvgIpc) is 2.62. The molecule has 0 heterocycles. The van der Waals surface area contributed by atoms with Gasteiger partial charge in [0.05, 0.1) is 11.4 Å². The summed E-state index contributed by atoms with van der Waals surface area (Å²) in [5.74, 6) is -0.187. The van der Waals surface area contributed by atoms with Crippen LogP contribution in [0.5, 0.6) is 0 Å². The Bertz CT molecular complexity index is 895. The van der Waals surface area contributed by atoms with Crippen molar-refractivity contribution < 1.29 is 4.79 Å². The van der Waals surface area contributed by atoms with Crippen molar-refractivity contribution in [1.29, 1.82) is 0 Å². The van der Waals surface area contributed by atoms with Gasteiger partial charge in [-0.3, -0.25) is 4.79 Å². The number of amides is 1. The van der Waals surface area contributed by atoms with E-state index in [0.717, 1.165) is 5.57 Å². The summed E-state index contributed by atoms with van der Waals surface area (Å²) in [6.45, 7) is 10.9. The smallest absolute Gasteiger partial charge is 0.248 e. The molecule has 1 amide bonds. The Morgan fingerprint density at radius 1 is 1.14 bits per heavy atom. The number of nitrogens with one attached hydrogen (secondary N) is 1. The highest BCUT2D eigenvalue weighted by molar-refractivity contribution is 6.01. The molecular weight excluding hydrogens is 356 g/mol. The predicted octanol–water partition coefficient (Wildman–Crippen LogP) is 6.74. The van der Waals surface area contributed by atoms with E-state index < -0.39 is 0 Å². The summed E-state index contributed by atoms with van der Waals surface area (Å²) in [7, 11) is 0. The highest BCUT2D eigenvalue weighted by atomic mass is 16.1. The van der Waals surface area contributed by atoms with E-state index in [2.05, 4.69) is 51.2 Å². The minimum Gasteiger partial charge on any atom is -0.397 e. The zero-order chi connectivity index (χ0) is 21.4. The van der Waals surface area contributed by atoms with Gasteiger partial charge in [-0.1, -0.05) is 67.5 Å². The predicted molar refractivity (Wildman–Crippen MR) is 126 cm³/mol. The van der Waals surface area contributed by atoms with E-state index >= 15 is 0 Å². The lowest BCUT2D eigenvalue weighted by Crippen LogP contribution is -2.19. The van der Waals surface area contributed by atoms with Crippen molar-refractivity contribution in [3.8, 4) is 0 Å². The van der Waals surface area contributed by atoms with Gasteiger partial charge in [-0.05, 0) is 68.7 Å². The van der Waals surface area contributed by atoms with E-state index in [9.17, 15) is 4.79 Å². The number of hydrogen-bond acceptors (Lipinski definition) is 2. The number of hydrogen-bond donors (Lipinski definition) is 2. The van der Waals surface area contributed by atoms with Crippen LogP contribution in [-0.2, 0) is 4.79 Å². The first kappa shape index (κ1) is 22.5. The van der Waals surface area contributed by atoms with Crippen LogP contribution in [-0.4, -0.2) is 5.91 Å². The lowest BCUT2D eigenvalue weighted by Gasteiger charge is -2.32. The molecule has 154 valence electrons. The van der Waals surface area contributed by atoms with E-state index in [1.165, 1.54) is 36.0 Å². The molecule has 0 fully saturated rings. The van der Waals surface area contributed by atoms with Crippen LogP contribution in [0.2, 0.25) is 0 Å². The molecule has 3 nitrogen and oxygen atoms in total. The number of rotatable bonds is 6. The molecule has 1 aromatic carbocycles. The zero-order valence-electron chi connectivity index (χ0n) is 18.4. The molecule has 0 saturated carbocycles. The first-order valence-electron chi connectivity index (χ1n) is 10.3. The number of para-hydroxylation sites is 2. The third-order valence-electron chi connectivity index (χ3n) is 5.35. The van der Waals surface area contributed by atoms with E-state index in [1.807, 2.05) is 31.2 Å². The lowest BCUT2D eigenvalue weighted by atomic mass is 9.72. The average molecular weight is 391 g/mol. The van der Waals surface area contributed by atoms with Gasteiger partial charge < -0.3 is 11.1 Å². The SMILES string of the molecule is CC1=C(/C=C/C(C)=C/C=C/C(C)=C/C(=O)Nc2ccccc2N)C(C)(C)CCC1. The number of carbonyl (C=O) groups is 1. The van der Waals surface area contributed by atoms with Crippen molar-refractivity contribution in [3.05, 3.63) is 83.0 Å². The zero-order valence-corrected chi connectivity index (χ0v) is 18.4. The maximum atomic E-state index is 12.1. The fraction of sp³-hybridized carbons (Fsp3) is 0.346. The Hall–Kier alpha value is -2.81. The van der Waals surface area contributed by atoms with Crippen molar-refractivity contribution in [3.63, 3.8) is 0 Å². The summed E-state index contributed by atoms with van der Waals surface area (Å²) in [6.07, 6.45) is 15.7. The van der Waals surface area contributed by atoms with Crippen LogP contribution < -0.4 is 11.1 Å². The molecule has 29 heavy (non-hydrogen) atoms. The van der Waals surface area contributed by atoms with Crippen molar-refractivity contribution >= 4 is 17.3 Å². The molecule has 0 spiro atoms. The molecule has 0 aliphatic heterocycles. The van der Waals surface area contributed by atoms with Crippen molar-refractivity contribution in [2.24, 2.45) is 5.41 Å². The van der Waals surface area contributed by atoms with Crippen LogP contribution >= 0.6 is 0 Å². The Morgan fingerprint density at radius 3 is 2.55 bits per heavy atom. The van der Waals surface area contributed by atoms with E-state index in [1.54, 1.807) is 18.2 Å². The number of nitrogen functional groups attached to an aromatic ring is 1. The third-order valence-corrected chi connectivity index (χ3v) is 5.35. The highest BCUT2D eigenvalue weighted by Gasteiger charge is 2.26. The van der Waals surface area contributed by atoms with E-state index in [4.69, 9.17) is 5.73 Å². The van der Waals surface area contributed by atoms with Gasteiger partial charge in [0, 0.05) is 6.08 Å². The van der Waals surface area contributed by atoms with Gasteiger partial charge in [0.2, 0.25) is 5.91 Å². The number of allylic oxidation sites excluding steroid dienone is 9. The number of anilines is 2. The molecule has 3 N–H and O–H groups in total. The summed E-state index contributed by atoms with van der Waals surface area (Å²) in [5.41, 5.74) is 12.3. The fourth-order valence-corrected chi connectivity index (χ4v) is 3.67. The normalized spacial score (nSPS) is 18.0. The molecule has 0 saturated heterocycles. The fourth-order valence-electron chi connectivity index (χ4n) is 3.67. The monoisotopic (exact) mass is 390 g/mol. The van der Waals surface area contributed by atoms with Gasteiger partial charge in [0.1, 0.15) is 0 Å². The standard InChI is InChI=1S/C26H34N2O/c1-19(15-16-22-21(3)12-9-17-26(22,4)5)10-8-11-20(2)18-25(29)28-24-14-7-6-13-23(24)27/h6-8,10-11,13-16,18H,9,12,17,27H2,1-5H3,(H,28,29)/b11-8+,16-15+,19-10+,20-18+. The minimum absolute atomic E-state index is 0.187. The molecule has 0 atom stereocenters. The maximum absolute atomic E-state index is 12.1. The second kappa shape index (κ2) is 10.1. The topological polar surface area (TPSA) is 55.1 Å². The molecule has 0 radical (unpaired) electrons. The molecule has 1 aliphatic carbocycles. The first-order valence-corrected chi connectivity index (χ1v) is 10.3. The summed E-state index contributed by atoms with van der Waals surface area (Å²) >= 11 is 0. The van der Waals surface area contributed by atoms with Crippen LogP contribution in [0, 0.1) is 5.41 Å². The van der Waals surface area contributed by atoms with Crippen LogP contribution in [0.25, 0.3) is 0 Å². The van der Waals surface area contributed by atoms with Crippen molar-refractivity contribution in [2.75, 3.05) is 11.1 Å². The second-order valence-corrected chi connectivity index (χ2v) is 8.50.